The van der Waals surface area contributed by atoms with Crippen molar-refractivity contribution in [1.29, 1.82) is 0 Å². The minimum absolute atomic E-state index is 0.0256. The number of hydrogen-bond donors (Lipinski definition) is 1. The minimum atomic E-state index is -0.0256. The number of thiazole rings is 1. The number of amides is 1. The predicted molar refractivity (Wildman–Crippen MR) is 91.2 cm³/mol. The number of nitrogens with zero attached hydrogens (tertiary/aromatic N) is 1. The number of nitrogens with one attached hydrogen (secondary N) is 1. The Hall–Kier alpha value is -1.63. The maximum Gasteiger partial charge on any atom is 0.236 e. The van der Waals surface area contributed by atoms with Crippen LogP contribution in [0.3, 0.4) is 0 Å². The van der Waals surface area contributed by atoms with Gasteiger partial charge in [-0.3, -0.25) is 4.79 Å². The van der Waals surface area contributed by atoms with E-state index in [4.69, 9.17) is 0 Å². The van der Waals surface area contributed by atoms with Crippen LogP contribution in [-0.4, -0.2) is 16.6 Å². The second-order valence-corrected chi connectivity index (χ2v) is 7.25. The van der Waals surface area contributed by atoms with Crippen LogP contribution in [0, 0.1) is 0 Å². The van der Waals surface area contributed by atoms with E-state index in [2.05, 4.69) is 10.3 Å². The van der Waals surface area contributed by atoms with Gasteiger partial charge in [-0.15, -0.1) is 34.4 Å². The Labute approximate surface area is 135 Å². The van der Waals surface area contributed by atoms with Crippen molar-refractivity contribution >= 4 is 45.5 Å². The molecular weight excluding hydrogens is 320 g/mol. The van der Waals surface area contributed by atoms with E-state index in [1.807, 2.05) is 53.2 Å². The van der Waals surface area contributed by atoms with E-state index in [1.165, 1.54) is 11.3 Å². The highest BCUT2D eigenvalue weighted by atomic mass is 32.2. The quantitative estimate of drug-likeness (QED) is 0.694. The topological polar surface area (TPSA) is 42.0 Å². The molecule has 1 N–H and O–H groups in total. The molecule has 0 radical (unpaired) electrons. The molecule has 6 heteroatoms. The van der Waals surface area contributed by atoms with Crippen molar-refractivity contribution in [1.82, 2.24) is 4.98 Å². The lowest BCUT2D eigenvalue weighted by atomic mass is 10.2. The van der Waals surface area contributed by atoms with E-state index in [1.54, 1.807) is 23.1 Å². The van der Waals surface area contributed by atoms with Crippen molar-refractivity contribution in [2.45, 2.75) is 4.21 Å². The van der Waals surface area contributed by atoms with Gasteiger partial charge in [0.15, 0.2) is 5.13 Å². The lowest BCUT2D eigenvalue weighted by Gasteiger charge is -2.00. The van der Waals surface area contributed by atoms with Crippen LogP contribution in [0.25, 0.3) is 11.3 Å². The van der Waals surface area contributed by atoms with E-state index in [0.29, 0.717) is 10.9 Å². The Morgan fingerprint density at radius 1 is 1.14 bits per heavy atom. The maximum atomic E-state index is 11.9. The highest BCUT2D eigenvalue weighted by molar-refractivity contribution is 8.01. The van der Waals surface area contributed by atoms with Crippen LogP contribution in [0.5, 0.6) is 0 Å². The Morgan fingerprint density at radius 2 is 2.00 bits per heavy atom. The summed E-state index contributed by atoms with van der Waals surface area (Å²) >= 11 is 4.63. The average molecular weight is 332 g/mol. The maximum absolute atomic E-state index is 11.9. The van der Waals surface area contributed by atoms with Crippen molar-refractivity contribution in [3.8, 4) is 11.3 Å². The highest BCUT2D eigenvalue weighted by Gasteiger charge is 2.08. The molecule has 3 rings (SSSR count). The Balaban J connectivity index is 1.58. The van der Waals surface area contributed by atoms with Gasteiger partial charge in [-0.05, 0) is 11.4 Å². The van der Waals surface area contributed by atoms with Crippen LogP contribution in [0.2, 0.25) is 0 Å². The zero-order valence-corrected chi connectivity index (χ0v) is 13.4. The largest absolute Gasteiger partial charge is 0.301 e. The summed E-state index contributed by atoms with van der Waals surface area (Å²) in [4.78, 5) is 16.3. The van der Waals surface area contributed by atoms with Crippen LogP contribution in [0.4, 0.5) is 5.13 Å². The molecule has 1 aromatic carbocycles. The van der Waals surface area contributed by atoms with Gasteiger partial charge in [0.25, 0.3) is 0 Å². The van der Waals surface area contributed by atoms with E-state index in [9.17, 15) is 4.79 Å². The number of hydrogen-bond acceptors (Lipinski definition) is 5. The van der Waals surface area contributed by atoms with E-state index in [-0.39, 0.29) is 5.91 Å². The molecule has 0 aliphatic rings. The van der Waals surface area contributed by atoms with Crippen LogP contribution in [0.1, 0.15) is 0 Å². The standard InChI is InChI=1S/C15H12N2OS3/c18-13(10-20-14-7-4-8-19-14)17-15-16-12(9-21-15)11-5-2-1-3-6-11/h1-9H,10H2,(H,16,17,18). The Morgan fingerprint density at radius 3 is 2.76 bits per heavy atom. The first kappa shape index (κ1) is 14.3. The number of thioether (sulfide) groups is 1. The monoisotopic (exact) mass is 332 g/mol. The number of aromatic nitrogens is 1. The lowest BCUT2D eigenvalue weighted by molar-refractivity contribution is -0.113. The van der Waals surface area contributed by atoms with Crippen molar-refractivity contribution in [3.63, 3.8) is 0 Å². The number of anilines is 1. The first-order valence-electron chi connectivity index (χ1n) is 6.28. The minimum Gasteiger partial charge on any atom is -0.301 e. The van der Waals surface area contributed by atoms with Crippen molar-refractivity contribution in [2.75, 3.05) is 11.1 Å². The zero-order chi connectivity index (χ0) is 14.5. The Kier molecular flexibility index (Phi) is 4.69. The summed E-state index contributed by atoms with van der Waals surface area (Å²) in [6.45, 7) is 0. The molecule has 2 heterocycles. The summed E-state index contributed by atoms with van der Waals surface area (Å²) in [5.74, 6) is 0.378. The van der Waals surface area contributed by atoms with Gasteiger partial charge >= 0.3 is 0 Å². The van der Waals surface area contributed by atoms with Gasteiger partial charge in [0.1, 0.15) is 0 Å². The molecule has 21 heavy (non-hydrogen) atoms. The van der Waals surface area contributed by atoms with Gasteiger partial charge in [-0.2, -0.15) is 0 Å². The van der Waals surface area contributed by atoms with Crippen molar-refractivity contribution in [2.24, 2.45) is 0 Å². The summed E-state index contributed by atoms with van der Waals surface area (Å²) in [5, 5.41) is 7.45. The predicted octanol–water partition coefficient (Wildman–Crippen LogP) is 4.60. The summed E-state index contributed by atoms with van der Waals surface area (Å²) in [6, 6.07) is 13.9. The second kappa shape index (κ2) is 6.89. The number of carbonyl (C=O) groups is 1. The molecule has 106 valence electrons. The molecule has 3 nitrogen and oxygen atoms in total. The van der Waals surface area contributed by atoms with E-state index < -0.39 is 0 Å². The molecule has 0 bridgehead atoms. The third kappa shape index (κ3) is 3.93. The molecule has 0 aliphatic carbocycles. The SMILES string of the molecule is O=C(CSc1cccs1)Nc1nc(-c2ccccc2)cs1. The van der Waals surface area contributed by atoms with E-state index in [0.717, 1.165) is 15.5 Å². The molecule has 0 spiro atoms. The number of benzene rings is 1. The van der Waals surface area contributed by atoms with Crippen LogP contribution >= 0.6 is 34.4 Å². The molecular formula is C15H12N2OS3. The second-order valence-electron chi connectivity index (χ2n) is 4.17. The summed E-state index contributed by atoms with van der Waals surface area (Å²) in [6.07, 6.45) is 0. The van der Waals surface area contributed by atoms with Gasteiger partial charge < -0.3 is 5.32 Å². The third-order valence-electron chi connectivity index (χ3n) is 2.66. The molecule has 0 aliphatic heterocycles. The van der Waals surface area contributed by atoms with Gasteiger partial charge in [0, 0.05) is 10.9 Å². The fraction of sp³-hybridized carbons (Fsp3) is 0.0667. The van der Waals surface area contributed by atoms with Crippen molar-refractivity contribution < 1.29 is 4.79 Å². The fourth-order valence-corrected chi connectivity index (χ4v) is 4.03. The average Bonchev–Trinajstić information content (AvgIpc) is 3.17. The molecule has 0 saturated carbocycles. The molecule has 2 aromatic heterocycles. The molecule has 0 saturated heterocycles. The molecule has 0 fully saturated rings. The van der Waals surface area contributed by atoms with Crippen LogP contribution in [-0.2, 0) is 4.79 Å². The fourth-order valence-electron chi connectivity index (χ4n) is 1.71. The van der Waals surface area contributed by atoms with E-state index >= 15 is 0 Å². The highest BCUT2D eigenvalue weighted by Crippen LogP contribution is 2.26. The van der Waals surface area contributed by atoms with Gasteiger partial charge in [-0.1, -0.05) is 36.4 Å². The molecule has 3 aromatic rings. The smallest absolute Gasteiger partial charge is 0.236 e. The summed E-state index contributed by atoms with van der Waals surface area (Å²) < 4.78 is 1.15. The summed E-state index contributed by atoms with van der Waals surface area (Å²) in [7, 11) is 0. The Bertz CT molecular complexity index is 708. The number of rotatable bonds is 5. The first-order chi connectivity index (χ1) is 10.3. The molecule has 0 unspecified atom stereocenters. The number of carbonyl (C=O) groups excluding carboxylic acids is 1. The number of thiophene rings is 1. The van der Waals surface area contributed by atoms with Crippen LogP contribution in [0.15, 0.2) is 57.4 Å². The molecule has 1 amide bonds. The first-order valence-corrected chi connectivity index (χ1v) is 9.03. The van der Waals surface area contributed by atoms with Gasteiger partial charge in [0.05, 0.1) is 15.7 Å². The van der Waals surface area contributed by atoms with Gasteiger partial charge in [0.2, 0.25) is 5.91 Å². The third-order valence-corrected chi connectivity index (χ3v) is 5.55. The lowest BCUT2D eigenvalue weighted by Crippen LogP contribution is -2.13. The normalized spacial score (nSPS) is 10.5. The van der Waals surface area contributed by atoms with Gasteiger partial charge in [-0.25, -0.2) is 4.98 Å². The zero-order valence-electron chi connectivity index (χ0n) is 11.0. The molecule has 0 atom stereocenters. The van der Waals surface area contributed by atoms with Crippen molar-refractivity contribution in [3.05, 3.63) is 53.2 Å². The summed E-state index contributed by atoms with van der Waals surface area (Å²) in [5.41, 5.74) is 1.95. The van der Waals surface area contributed by atoms with Crippen LogP contribution < -0.4 is 5.32 Å².